The van der Waals surface area contributed by atoms with Gasteiger partial charge in [-0.25, -0.2) is 13.4 Å². The number of oxazole rings is 1. The van der Waals surface area contributed by atoms with Gasteiger partial charge in [-0.05, 0) is 25.1 Å². The van der Waals surface area contributed by atoms with Crippen LogP contribution in [0.5, 0.6) is 0 Å². The van der Waals surface area contributed by atoms with Gasteiger partial charge in [-0.1, -0.05) is 23.8 Å². The highest BCUT2D eigenvalue weighted by molar-refractivity contribution is 7.91. The molecule has 0 spiro atoms. The van der Waals surface area contributed by atoms with E-state index in [1.54, 1.807) is 50.3 Å². The van der Waals surface area contributed by atoms with Gasteiger partial charge in [-0.3, -0.25) is 0 Å². The van der Waals surface area contributed by atoms with E-state index in [2.05, 4.69) is 4.98 Å². The Morgan fingerprint density at radius 2 is 2.00 bits per heavy atom. The molecule has 1 aromatic carbocycles. The Balaban J connectivity index is 2.19. The predicted molar refractivity (Wildman–Crippen MR) is 73.4 cm³/mol. The second-order valence-electron chi connectivity index (χ2n) is 4.35. The van der Waals surface area contributed by atoms with Crippen LogP contribution < -0.4 is 0 Å². The first kappa shape index (κ1) is 13.5. The van der Waals surface area contributed by atoms with Crippen molar-refractivity contribution in [3.8, 4) is 0 Å². The SMILES string of the molecule is C/C(=C\c1coc(C)n1)CS(=O)(=O)c1ccccc1. The zero-order chi connectivity index (χ0) is 13.9. The van der Waals surface area contributed by atoms with Crippen LogP contribution in [-0.4, -0.2) is 19.2 Å². The highest BCUT2D eigenvalue weighted by atomic mass is 32.2. The van der Waals surface area contributed by atoms with Crippen LogP contribution >= 0.6 is 0 Å². The number of sulfone groups is 1. The summed E-state index contributed by atoms with van der Waals surface area (Å²) in [5, 5.41) is 0. The monoisotopic (exact) mass is 277 g/mol. The van der Waals surface area contributed by atoms with Gasteiger partial charge in [-0.15, -0.1) is 0 Å². The quantitative estimate of drug-likeness (QED) is 0.862. The van der Waals surface area contributed by atoms with Crippen molar-refractivity contribution in [3.05, 3.63) is 53.8 Å². The number of aryl methyl sites for hydroxylation is 1. The lowest BCUT2D eigenvalue weighted by molar-refractivity contribution is 0.521. The molecule has 0 N–H and O–H groups in total. The summed E-state index contributed by atoms with van der Waals surface area (Å²) in [6, 6.07) is 8.42. The lowest BCUT2D eigenvalue weighted by Crippen LogP contribution is -2.07. The Bertz CT molecular complexity index is 684. The molecule has 0 aliphatic rings. The maximum absolute atomic E-state index is 12.2. The molecular formula is C14H15NO3S. The highest BCUT2D eigenvalue weighted by Crippen LogP contribution is 2.15. The lowest BCUT2D eigenvalue weighted by atomic mass is 10.3. The lowest BCUT2D eigenvalue weighted by Gasteiger charge is -2.04. The molecule has 4 nitrogen and oxygen atoms in total. The van der Waals surface area contributed by atoms with E-state index in [0.717, 1.165) is 5.57 Å². The smallest absolute Gasteiger partial charge is 0.191 e. The standard InChI is InChI=1S/C14H15NO3S/c1-11(8-13-9-18-12(2)15-13)10-19(16,17)14-6-4-3-5-7-14/h3-9H,10H2,1-2H3/b11-8+. The molecule has 0 atom stereocenters. The van der Waals surface area contributed by atoms with Crippen molar-refractivity contribution in [3.63, 3.8) is 0 Å². The molecule has 0 bridgehead atoms. The van der Waals surface area contributed by atoms with E-state index < -0.39 is 9.84 Å². The Hall–Kier alpha value is -1.88. The molecule has 0 saturated heterocycles. The van der Waals surface area contributed by atoms with Crippen molar-refractivity contribution in [2.24, 2.45) is 0 Å². The fourth-order valence-corrected chi connectivity index (χ4v) is 3.17. The fraction of sp³-hybridized carbons (Fsp3) is 0.214. The van der Waals surface area contributed by atoms with Crippen LogP contribution in [0.25, 0.3) is 6.08 Å². The number of nitrogens with zero attached hydrogens (tertiary/aromatic N) is 1. The zero-order valence-corrected chi connectivity index (χ0v) is 11.6. The molecule has 2 aromatic rings. The van der Waals surface area contributed by atoms with Gasteiger partial charge in [-0.2, -0.15) is 0 Å². The van der Waals surface area contributed by atoms with E-state index in [1.807, 2.05) is 0 Å². The third kappa shape index (κ3) is 3.54. The molecule has 100 valence electrons. The largest absolute Gasteiger partial charge is 0.449 e. The average molecular weight is 277 g/mol. The van der Waals surface area contributed by atoms with Gasteiger partial charge in [0.1, 0.15) is 12.0 Å². The third-order valence-corrected chi connectivity index (χ3v) is 4.38. The second kappa shape index (κ2) is 5.40. The number of rotatable bonds is 4. The minimum absolute atomic E-state index is 0.0249. The van der Waals surface area contributed by atoms with E-state index in [4.69, 9.17) is 4.42 Å². The normalized spacial score (nSPS) is 12.6. The first-order valence-electron chi connectivity index (χ1n) is 5.84. The summed E-state index contributed by atoms with van der Waals surface area (Å²) in [4.78, 5) is 4.45. The summed E-state index contributed by atoms with van der Waals surface area (Å²) in [5.41, 5.74) is 1.36. The molecule has 0 aliphatic heterocycles. The molecule has 0 fully saturated rings. The zero-order valence-electron chi connectivity index (χ0n) is 10.8. The Kier molecular flexibility index (Phi) is 3.85. The van der Waals surface area contributed by atoms with Gasteiger partial charge < -0.3 is 4.42 Å². The van der Waals surface area contributed by atoms with Crippen LogP contribution in [0.2, 0.25) is 0 Å². The molecule has 2 rings (SSSR count). The summed E-state index contributed by atoms with van der Waals surface area (Å²) < 4.78 is 29.4. The van der Waals surface area contributed by atoms with Gasteiger partial charge in [0.05, 0.1) is 10.6 Å². The number of hydrogen-bond donors (Lipinski definition) is 0. The van der Waals surface area contributed by atoms with Crippen LogP contribution in [0.3, 0.4) is 0 Å². The van der Waals surface area contributed by atoms with E-state index in [9.17, 15) is 8.42 Å². The molecular weight excluding hydrogens is 262 g/mol. The van der Waals surface area contributed by atoms with E-state index in [-0.39, 0.29) is 5.75 Å². The number of benzene rings is 1. The van der Waals surface area contributed by atoms with Crippen molar-refractivity contribution in [2.45, 2.75) is 18.7 Å². The van der Waals surface area contributed by atoms with E-state index in [1.165, 1.54) is 6.26 Å². The summed E-state index contributed by atoms with van der Waals surface area (Å²) in [6.07, 6.45) is 3.23. The molecule has 1 aromatic heterocycles. The number of aromatic nitrogens is 1. The van der Waals surface area contributed by atoms with Crippen LogP contribution in [0.15, 0.2) is 51.5 Å². The molecule has 0 saturated carbocycles. The molecule has 0 amide bonds. The summed E-state index contributed by atoms with van der Waals surface area (Å²) in [7, 11) is -3.30. The van der Waals surface area contributed by atoms with Crippen molar-refractivity contribution in [1.29, 1.82) is 0 Å². The summed E-state index contributed by atoms with van der Waals surface area (Å²) >= 11 is 0. The van der Waals surface area contributed by atoms with Gasteiger partial charge in [0.15, 0.2) is 15.7 Å². The van der Waals surface area contributed by atoms with Gasteiger partial charge in [0.2, 0.25) is 0 Å². The predicted octanol–water partition coefficient (Wildman–Crippen LogP) is 2.86. The van der Waals surface area contributed by atoms with Crippen LogP contribution in [0.4, 0.5) is 0 Å². The Morgan fingerprint density at radius 1 is 1.32 bits per heavy atom. The Morgan fingerprint density at radius 3 is 2.58 bits per heavy atom. The minimum atomic E-state index is -3.30. The second-order valence-corrected chi connectivity index (χ2v) is 6.34. The van der Waals surface area contributed by atoms with Gasteiger partial charge >= 0.3 is 0 Å². The van der Waals surface area contributed by atoms with Crippen molar-refractivity contribution in [2.75, 3.05) is 5.75 Å². The van der Waals surface area contributed by atoms with Crippen LogP contribution in [-0.2, 0) is 9.84 Å². The average Bonchev–Trinajstić information content (AvgIpc) is 2.75. The molecule has 5 heteroatoms. The highest BCUT2D eigenvalue weighted by Gasteiger charge is 2.14. The molecule has 0 aliphatic carbocycles. The number of hydrogen-bond acceptors (Lipinski definition) is 4. The minimum Gasteiger partial charge on any atom is -0.449 e. The van der Waals surface area contributed by atoms with Crippen molar-refractivity contribution >= 4 is 15.9 Å². The Labute approximate surface area is 112 Å². The van der Waals surface area contributed by atoms with E-state index >= 15 is 0 Å². The maximum atomic E-state index is 12.2. The molecule has 0 unspecified atom stereocenters. The molecule has 0 radical (unpaired) electrons. The first-order chi connectivity index (χ1) is 8.97. The van der Waals surface area contributed by atoms with Crippen LogP contribution in [0, 0.1) is 6.92 Å². The topological polar surface area (TPSA) is 60.2 Å². The van der Waals surface area contributed by atoms with Crippen LogP contribution in [0.1, 0.15) is 18.5 Å². The molecule has 19 heavy (non-hydrogen) atoms. The third-order valence-electron chi connectivity index (χ3n) is 2.55. The summed E-state index contributed by atoms with van der Waals surface area (Å²) in [5.74, 6) is 0.535. The first-order valence-corrected chi connectivity index (χ1v) is 7.50. The summed E-state index contributed by atoms with van der Waals surface area (Å²) in [6.45, 7) is 3.51. The molecule has 1 heterocycles. The van der Waals surface area contributed by atoms with E-state index in [0.29, 0.717) is 16.5 Å². The van der Waals surface area contributed by atoms with Gasteiger partial charge in [0.25, 0.3) is 0 Å². The maximum Gasteiger partial charge on any atom is 0.191 e. The fourth-order valence-electron chi connectivity index (χ4n) is 1.75. The van der Waals surface area contributed by atoms with Crippen molar-refractivity contribution in [1.82, 2.24) is 4.98 Å². The van der Waals surface area contributed by atoms with Crippen molar-refractivity contribution < 1.29 is 12.8 Å². The van der Waals surface area contributed by atoms with Gasteiger partial charge in [0, 0.05) is 6.92 Å².